The Kier molecular flexibility index (Phi) is 5.23. The average Bonchev–Trinajstić information content (AvgIpc) is 3.04. The number of aryl methyl sites for hydroxylation is 1. The van der Waals surface area contributed by atoms with E-state index in [-0.39, 0.29) is 6.10 Å². The second-order valence-corrected chi connectivity index (χ2v) is 7.86. The first-order valence-electron chi connectivity index (χ1n) is 9.82. The van der Waals surface area contributed by atoms with Crippen LogP contribution in [0.5, 0.6) is 0 Å². The number of piperidine rings is 1. The van der Waals surface area contributed by atoms with Crippen molar-refractivity contribution in [1.82, 2.24) is 9.88 Å². The molecular weight excluding hydrogens is 322 g/mol. The minimum atomic E-state index is -0.230. The Morgan fingerprint density at radius 3 is 2.50 bits per heavy atom. The summed E-state index contributed by atoms with van der Waals surface area (Å²) in [4.78, 5) is 9.44. The smallest absolute Gasteiger partial charge is 0.0711 e. The predicted molar refractivity (Wildman–Crippen MR) is 105 cm³/mol. The van der Waals surface area contributed by atoms with Gasteiger partial charge in [-0.15, -0.1) is 0 Å². The van der Waals surface area contributed by atoms with Crippen molar-refractivity contribution >= 4 is 5.69 Å². The fourth-order valence-electron chi connectivity index (χ4n) is 4.42. The van der Waals surface area contributed by atoms with Crippen molar-refractivity contribution in [1.29, 1.82) is 0 Å². The Balaban J connectivity index is 1.31. The molecule has 4 nitrogen and oxygen atoms in total. The lowest BCUT2D eigenvalue weighted by atomic mass is 9.99. The molecular formula is C22H29N3O. The standard InChI is InChI=1S/C22H29N3O/c1-17-5-7-20(8-6-17)24-12-9-21(10-13-24)25-15-18(22(26)16-25)14-19-4-2-3-11-23-19/h2-8,11,18,21-22,26H,9-10,12-16H2,1H3/t18-,22-/m1/s1. The van der Waals surface area contributed by atoms with E-state index in [0.717, 1.165) is 38.3 Å². The van der Waals surface area contributed by atoms with E-state index in [0.29, 0.717) is 12.0 Å². The lowest BCUT2D eigenvalue weighted by molar-refractivity contribution is 0.131. The zero-order valence-electron chi connectivity index (χ0n) is 15.6. The van der Waals surface area contributed by atoms with E-state index in [9.17, 15) is 5.11 Å². The fourth-order valence-corrected chi connectivity index (χ4v) is 4.42. The zero-order chi connectivity index (χ0) is 17.9. The normalized spacial score (nSPS) is 24.9. The molecule has 26 heavy (non-hydrogen) atoms. The molecule has 0 radical (unpaired) electrons. The number of hydrogen-bond donors (Lipinski definition) is 1. The Morgan fingerprint density at radius 1 is 1.04 bits per heavy atom. The maximum absolute atomic E-state index is 10.5. The lowest BCUT2D eigenvalue weighted by Gasteiger charge is -2.38. The number of hydrogen-bond acceptors (Lipinski definition) is 4. The molecule has 3 heterocycles. The van der Waals surface area contributed by atoms with Gasteiger partial charge in [-0.3, -0.25) is 9.88 Å². The zero-order valence-corrected chi connectivity index (χ0v) is 15.6. The van der Waals surface area contributed by atoms with E-state index in [1.54, 1.807) is 0 Å². The van der Waals surface area contributed by atoms with E-state index < -0.39 is 0 Å². The van der Waals surface area contributed by atoms with E-state index in [1.807, 2.05) is 18.3 Å². The van der Waals surface area contributed by atoms with Gasteiger partial charge < -0.3 is 10.0 Å². The van der Waals surface area contributed by atoms with Crippen LogP contribution >= 0.6 is 0 Å². The van der Waals surface area contributed by atoms with E-state index in [1.165, 1.54) is 24.1 Å². The topological polar surface area (TPSA) is 39.6 Å². The maximum atomic E-state index is 10.5. The summed E-state index contributed by atoms with van der Waals surface area (Å²) in [5.74, 6) is 0.306. The molecule has 2 aliphatic heterocycles. The van der Waals surface area contributed by atoms with Gasteiger partial charge in [0.15, 0.2) is 0 Å². The van der Waals surface area contributed by atoms with Gasteiger partial charge in [-0.05, 0) is 50.5 Å². The highest BCUT2D eigenvalue weighted by Crippen LogP contribution is 2.28. The van der Waals surface area contributed by atoms with Crippen LogP contribution in [0.1, 0.15) is 24.1 Å². The fraction of sp³-hybridized carbons (Fsp3) is 0.500. The Hall–Kier alpha value is -1.91. The summed E-state index contributed by atoms with van der Waals surface area (Å²) in [5.41, 5.74) is 3.74. The summed E-state index contributed by atoms with van der Waals surface area (Å²) in [6, 6.07) is 15.5. The molecule has 2 aromatic rings. The largest absolute Gasteiger partial charge is 0.391 e. The highest BCUT2D eigenvalue weighted by molar-refractivity contribution is 5.47. The number of β-amino-alcohol motifs (C(OH)–C–C–N with tert-alkyl or cyclic N) is 1. The van der Waals surface area contributed by atoms with Crippen LogP contribution in [-0.4, -0.2) is 53.3 Å². The first-order valence-corrected chi connectivity index (χ1v) is 9.82. The van der Waals surface area contributed by atoms with Gasteiger partial charge in [0, 0.05) is 55.7 Å². The average molecular weight is 351 g/mol. The third-order valence-electron chi connectivity index (χ3n) is 6.01. The van der Waals surface area contributed by atoms with Gasteiger partial charge in [0.25, 0.3) is 0 Å². The third kappa shape index (κ3) is 3.92. The first kappa shape index (κ1) is 17.5. The quantitative estimate of drug-likeness (QED) is 0.919. The van der Waals surface area contributed by atoms with Crippen molar-refractivity contribution < 1.29 is 5.11 Å². The number of aliphatic hydroxyl groups is 1. The number of anilines is 1. The molecule has 2 atom stereocenters. The molecule has 4 rings (SSSR count). The number of benzene rings is 1. The van der Waals surface area contributed by atoms with Crippen molar-refractivity contribution in [2.45, 2.75) is 38.3 Å². The number of aromatic nitrogens is 1. The van der Waals surface area contributed by atoms with Crippen molar-refractivity contribution in [2.75, 3.05) is 31.1 Å². The van der Waals surface area contributed by atoms with Crippen LogP contribution in [0, 0.1) is 12.8 Å². The van der Waals surface area contributed by atoms with Gasteiger partial charge in [-0.2, -0.15) is 0 Å². The monoisotopic (exact) mass is 351 g/mol. The lowest BCUT2D eigenvalue weighted by Crippen LogP contribution is -2.44. The SMILES string of the molecule is Cc1ccc(N2CCC(N3C[C@@H](Cc4ccccn4)[C@H](O)C3)CC2)cc1. The summed E-state index contributed by atoms with van der Waals surface area (Å²) in [5, 5.41) is 10.5. The molecule has 0 aliphatic carbocycles. The van der Waals surface area contributed by atoms with Gasteiger partial charge in [-0.25, -0.2) is 0 Å². The Morgan fingerprint density at radius 2 is 1.81 bits per heavy atom. The van der Waals surface area contributed by atoms with Crippen LogP contribution < -0.4 is 4.90 Å². The summed E-state index contributed by atoms with van der Waals surface area (Å²) in [7, 11) is 0. The van der Waals surface area contributed by atoms with Crippen LogP contribution in [0.25, 0.3) is 0 Å². The molecule has 138 valence electrons. The highest BCUT2D eigenvalue weighted by Gasteiger charge is 2.36. The molecule has 2 fully saturated rings. The molecule has 4 heteroatoms. The van der Waals surface area contributed by atoms with Crippen molar-refractivity contribution in [3.8, 4) is 0 Å². The third-order valence-corrected chi connectivity index (χ3v) is 6.01. The molecule has 2 saturated heterocycles. The van der Waals surface area contributed by atoms with Crippen LogP contribution in [0.15, 0.2) is 48.7 Å². The molecule has 0 amide bonds. The number of rotatable bonds is 4. The first-order chi connectivity index (χ1) is 12.7. The number of aliphatic hydroxyl groups excluding tert-OH is 1. The van der Waals surface area contributed by atoms with Crippen LogP contribution in [0.3, 0.4) is 0 Å². The highest BCUT2D eigenvalue weighted by atomic mass is 16.3. The second kappa shape index (κ2) is 7.77. The number of pyridine rings is 1. The van der Waals surface area contributed by atoms with Crippen molar-refractivity contribution in [3.63, 3.8) is 0 Å². The molecule has 0 unspecified atom stereocenters. The minimum absolute atomic E-state index is 0.230. The number of nitrogens with zero attached hydrogens (tertiary/aromatic N) is 3. The van der Waals surface area contributed by atoms with E-state index in [2.05, 4.69) is 52.0 Å². The second-order valence-electron chi connectivity index (χ2n) is 7.86. The summed E-state index contributed by atoms with van der Waals surface area (Å²) in [6.07, 6.45) is 4.84. The van der Waals surface area contributed by atoms with Crippen molar-refractivity contribution in [3.05, 3.63) is 59.9 Å². The molecule has 1 aromatic heterocycles. The molecule has 0 spiro atoms. The summed E-state index contributed by atoms with van der Waals surface area (Å²) in [6.45, 7) is 6.15. The van der Waals surface area contributed by atoms with Crippen molar-refractivity contribution in [2.24, 2.45) is 5.92 Å². The van der Waals surface area contributed by atoms with Gasteiger partial charge in [0.05, 0.1) is 6.10 Å². The Bertz CT molecular complexity index is 695. The van der Waals surface area contributed by atoms with Crippen LogP contribution in [0.2, 0.25) is 0 Å². The van der Waals surface area contributed by atoms with E-state index >= 15 is 0 Å². The minimum Gasteiger partial charge on any atom is -0.391 e. The van der Waals surface area contributed by atoms with Gasteiger partial charge in [-0.1, -0.05) is 23.8 Å². The summed E-state index contributed by atoms with van der Waals surface area (Å²) >= 11 is 0. The predicted octanol–water partition coefficient (Wildman–Crippen LogP) is 2.89. The van der Waals surface area contributed by atoms with Gasteiger partial charge in [0.1, 0.15) is 0 Å². The summed E-state index contributed by atoms with van der Waals surface area (Å²) < 4.78 is 0. The molecule has 1 aromatic carbocycles. The van der Waals surface area contributed by atoms with Crippen LogP contribution in [0.4, 0.5) is 5.69 Å². The van der Waals surface area contributed by atoms with Crippen LogP contribution in [-0.2, 0) is 6.42 Å². The molecule has 2 aliphatic rings. The molecule has 0 bridgehead atoms. The van der Waals surface area contributed by atoms with Gasteiger partial charge in [0.2, 0.25) is 0 Å². The van der Waals surface area contributed by atoms with E-state index in [4.69, 9.17) is 0 Å². The van der Waals surface area contributed by atoms with Gasteiger partial charge >= 0.3 is 0 Å². The number of likely N-dealkylation sites (tertiary alicyclic amines) is 1. The molecule has 1 N–H and O–H groups in total. The molecule has 0 saturated carbocycles. The maximum Gasteiger partial charge on any atom is 0.0711 e. The Labute approximate surface area is 156 Å².